The average Bonchev–Trinajstić information content (AvgIpc) is 2.99. The first-order valence-electron chi connectivity index (χ1n) is 9.55. The van der Waals surface area contributed by atoms with Crippen LogP contribution in [0.15, 0.2) is 18.2 Å². The number of aliphatic hydroxyl groups excluding tert-OH is 1. The van der Waals surface area contributed by atoms with E-state index in [1.54, 1.807) is 0 Å². The van der Waals surface area contributed by atoms with Crippen LogP contribution in [0, 0.1) is 0 Å². The van der Waals surface area contributed by atoms with E-state index in [1.807, 2.05) is 0 Å². The molecular weight excluding hydrogens is 385 g/mol. The van der Waals surface area contributed by atoms with Gasteiger partial charge in [0.25, 0.3) is 0 Å². The molecule has 0 fully saturated rings. The van der Waals surface area contributed by atoms with Crippen LogP contribution in [0.3, 0.4) is 0 Å². The van der Waals surface area contributed by atoms with Crippen molar-refractivity contribution in [3.8, 4) is 0 Å². The zero-order valence-electron chi connectivity index (χ0n) is 16.0. The highest BCUT2D eigenvalue weighted by Gasteiger charge is 2.11. The van der Waals surface area contributed by atoms with Crippen molar-refractivity contribution >= 4 is 45.7 Å². The number of hydrogen-bond donors (Lipinski definition) is 1. The molecular formula is C20H29Cl2N3O2. The zero-order valence-corrected chi connectivity index (χ0v) is 17.5. The number of alkyl halides is 2. The molecule has 0 aliphatic rings. The first-order chi connectivity index (χ1) is 13.1. The van der Waals surface area contributed by atoms with Gasteiger partial charge in [-0.25, -0.2) is 4.98 Å². The fourth-order valence-electron chi connectivity index (χ4n) is 3.27. The second-order valence-electron chi connectivity index (χ2n) is 6.74. The van der Waals surface area contributed by atoms with E-state index in [2.05, 4.69) is 34.7 Å². The number of halogens is 2. The number of ketones is 1. The molecule has 1 aromatic heterocycles. The van der Waals surface area contributed by atoms with Gasteiger partial charge < -0.3 is 14.6 Å². The summed E-state index contributed by atoms with van der Waals surface area (Å²) in [7, 11) is 2.06. The molecule has 1 aromatic carbocycles. The number of carbonyl (C=O) groups excluding carboxylic acids is 1. The molecule has 0 unspecified atom stereocenters. The molecule has 0 saturated carbocycles. The number of Topliss-reactive ketones (excluding diaryl/α,β-unsaturated/α-hetero) is 1. The third-order valence-corrected chi connectivity index (χ3v) is 5.15. The molecule has 0 bridgehead atoms. The van der Waals surface area contributed by atoms with E-state index < -0.39 is 0 Å². The van der Waals surface area contributed by atoms with Crippen LogP contribution in [0.2, 0.25) is 0 Å². The Morgan fingerprint density at radius 2 is 1.85 bits per heavy atom. The maximum Gasteiger partial charge on any atom is 0.158 e. The molecule has 2 aromatic rings. The van der Waals surface area contributed by atoms with Gasteiger partial charge in [-0.2, -0.15) is 0 Å². The maximum atomic E-state index is 11.1. The predicted molar refractivity (Wildman–Crippen MR) is 113 cm³/mol. The van der Waals surface area contributed by atoms with Gasteiger partial charge in [0.2, 0.25) is 0 Å². The van der Waals surface area contributed by atoms with Gasteiger partial charge in [0, 0.05) is 50.4 Å². The average molecular weight is 414 g/mol. The number of nitrogens with zero attached hydrogens (tertiary/aromatic N) is 3. The number of aryl methyl sites for hydroxylation is 2. The number of fused-ring (bicyclic) bond motifs is 1. The van der Waals surface area contributed by atoms with Gasteiger partial charge in [-0.15, -0.1) is 23.2 Å². The summed E-state index contributed by atoms with van der Waals surface area (Å²) in [6.45, 7) is 1.19. The number of rotatable bonds is 13. The molecule has 0 aliphatic heterocycles. The molecule has 1 heterocycles. The molecule has 0 spiro atoms. The summed E-state index contributed by atoms with van der Waals surface area (Å²) in [5.74, 6) is 2.13. The quantitative estimate of drug-likeness (QED) is 0.399. The van der Waals surface area contributed by atoms with E-state index >= 15 is 0 Å². The molecule has 0 saturated heterocycles. The lowest BCUT2D eigenvalue weighted by Gasteiger charge is -2.22. The Balaban J connectivity index is 1.96. The van der Waals surface area contributed by atoms with E-state index in [1.165, 1.54) is 0 Å². The van der Waals surface area contributed by atoms with Crippen molar-refractivity contribution in [2.75, 3.05) is 36.4 Å². The van der Waals surface area contributed by atoms with Gasteiger partial charge >= 0.3 is 0 Å². The van der Waals surface area contributed by atoms with E-state index in [-0.39, 0.29) is 12.4 Å². The molecule has 1 N–H and O–H groups in total. The van der Waals surface area contributed by atoms with Crippen LogP contribution in [-0.4, -0.2) is 51.9 Å². The fourth-order valence-corrected chi connectivity index (χ4v) is 3.68. The summed E-state index contributed by atoms with van der Waals surface area (Å²) in [6, 6.07) is 6.32. The molecule has 150 valence electrons. The van der Waals surface area contributed by atoms with Crippen molar-refractivity contribution in [1.82, 2.24) is 9.55 Å². The van der Waals surface area contributed by atoms with Gasteiger partial charge in [-0.05, 0) is 31.0 Å². The van der Waals surface area contributed by atoms with Crippen molar-refractivity contribution in [3.05, 3.63) is 24.0 Å². The summed E-state index contributed by atoms with van der Waals surface area (Å²) in [5.41, 5.74) is 3.22. The Bertz CT molecular complexity index is 727. The number of anilines is 1. The number of aliphatic hydroxyl groups is 1. The second kappa shape index (κ2) is 11.5. The normalized spacial score (nSPS) is 11.3. The SMILES string of the molecule is Cn1c(CCCCCCC(=O)CO)nc2cc(N(CCCl)CCCl)ccc21. The van der Waals surface area contributed by atoms with E-state index in [9.17, 15) is 4.79 Å². The minimum atomic E-state index is -0.338. The molecule has 0 radical (unpaired) electrons. The highest BCUT2D eigenvalue weighted by atomic mass is 35.5. The van der Waals surface area contributed by atoms with Crippen LogP contribution in [0.1, 0.15) is 37.9 Å². The number of imidazole rings is 1. The standard InChI is InChI=1S/C20H29Cl2N3O2/c1-24-19-9-8-16(25(12-10-21)13-11-22)14-18(19)23-20(24)7-5-3-2-4-6-17(27)15-26/h8-9,14,26H,2-7,10-13,15H2,1H3. The summed E-state index contributed by atoms with van der Waals surface area (Å²) < 4.78 is 2.15. The Morgan fingerprint density at radius 1 is 1.15 bits per heavy atom. The minimum absolute atomic E-state index is 0.0708. The molecule has 0 amide bonds. The molecule has 27 heavy (non-hydrogen) atoms. The second-order valence-corrected chi connectivity index (χ2v) is 7.49. The summed E-state index contributed by atoms with van der Waals surface area (Å²) in [6.07, 6.45) is 5.36. The fraction of sp³-hybridized carbons (Fsp3) is 0.600. The van der Waals surface area contributed by atoms with Crippen molar-refractivity contribution in [1.29, 1.82) is 0 Å². The van der Waals surface area contributed by atoms with Crippen LogP contribution in [0.25, 0.3) is 11.0 Å². The monoisotopic (exact) mass is 413 g/mol. The maximum absolute atomic E-state index is 11.1. The van der Waals surface area contributed by atoms with Crippen molar-refractivity contribution in [2.24, 2.45) is 7.05 Å². The highest BCUT2D eigenvalue weighted by Crippen LogP contribution is 2.23. The first-order valence-corrected chi connectivity index (χ1v) is 10.6. The van der Waals surface area contributed by atoms with Crippen molar-refractivity contribution in [2.45, 2.75) is 38.5 Å². The number of benzene rings is 1. The minimum Gasteiger partial charge on any atom is -0.389 e. The number of carbonyl (C=O) groups is 1. The summed E-state index contributed by atoms with van der Waals surface area (Å²) >= 11 is 11.8. The third kappa shape index (κ3) is 6.37. The van der Waals surface area contributed by atoms with Crippen molar-refractivity contribution < 1.29 is 9.90 Å². The topological polar surface area (TPSA) is 58.4 Å². The van der Waals surface area contributed by atoms with E-state index in [0.717, 1.165) is 67.7 Å². The van der Waals surface area contributed by atoms with Crippen LogP contribution in [0.5, 0.6) is 0 Å². The number of hydrogen-bond acceptors (Lipinski definition) is 4. The molecule has 7 heteroatoms. The Labute approximate surface area is 171 Å². The predicted octanol–water partition coefficient (Wildman–Crippen LogP) is 3.91. The van der Waals surface area contributed by atoms with Crippen LogP contribution in [0.4, 0.5) is 5.69 Å². The van der Waals surface area contributed by atoms with E-state index in [4.69, 9.17) is 33.3 Å². The number of unbranched alkanes of at least 4 members (excludes halogenated alkanes) is 3. The lowest BCUT2D eigenvalue weighted by Crippen LogP contribution is -2.27. The third-order valence-electron chi connectivity index (χ3n) is 4.81. The lowest BCUT2D eigenvalue weighted by atomic mass is 10.1. The van der Waals surface area contributed by atoms with Gasteiger partial charge in [0.05, 0.1) is 11.0 Å². The van der Waals surface area contributed by atoms with E-state index in [0.29, 0.717) is 18.2 Å². The first kappa shape index (κ1) is 22.0. The highest BCUT2D eigenvalue weighted by molar-refractivity contribution is 6.18. The Kier molecular flexibility index (Phi) is 9.39. The van der Waals surface area contributed by atoms with Gasteiger partial charge in [0.15, 0.2) is 5.78 Å². The molecule has 0 atom stereocenters. The smallest absolute Gasteiger partial charge is 0.158 e. The van der Waals surface area contributed by atoms with Crippen LogP contribution >= 0.6 is 23.2 Å². The van der Waals surface area contributed by atoms with Gasteiger partial charge in [0.1, 0.15) is 12.4 Å². The molecule has 2 rings (SSSR count). The van der Waals surface area contributed by atoms with Crippen LogP contribution in [-0.2, 0) is 18.3 Å². The molecule has 5 nitrogen and oxygen atoms in total. The van der Waals surface area contributed by atoms with Crippen molar-refractivity contribution in [3.63, 3.8) is 0 Å². The lowest BCUT2D eigenvalue weighted by molar-refractivity contribution is -0.121. The summed E-state index contributed by atoms with van der Waals surface area (Å²) in [4.78, 5) is 18.1. The summed E-state index contributed by atoms with van der Waals surface area (Å²) in [5, 5.41) is 8.72. The largest absolute Gasteiger partial charge is 0.389 e. The zero-order chi connectivity index (χ0) is 19.6. The Morgan fingerprint density at radius 3 is 2.52 bits per heavy atom. The Hall–Kier alpha value is -1.30. The van der Waals surface area contributed by atoms with Crippen LogP contribution < -0.4 is 4.90 Å². The van der Waals surface area contributed by atoms with Gasteiger partial charge in [-0.3, -0.25) is 4.79 Å². The van der Waals surface area contributed by atoms with Gasteiger partial charge in [-0.1, -0.05) is 12.8 Å². The molecule has 0 aliphatic carbocycles. The number of aromatic nitrogens is 2.